The molecule has 0 saturated carbocycles. The molecule has 0 radical (unpaired) electrons. The number of phosphoric ester groups is 1. The summed E-state index contributed by atoms with van der Waals surface area (Å²) < 4.78 is 32.9. The fourth-order valence-corrected chi connectivity index (χ4v) is 7.45. The molecule has 0 aromatic rings. The van der Waals surface area contributed by atoms with E-state index in [1.807, 2.05) is 0 Å². The Morgan fingerprint density at radius 3 is 1.39 bits per heavy atom. The standard InChI is InChI=1S/C49H90NO8P/c1-3-5-7-9-11-13-15-17-19-20-21-22-23-24-25-26-28-30-32-34-36-38-40-42-49(52)58-47(46-57-59(53,54)56-44-43-50)45-55-48(51)41-39-37-35-33-31-29-27-18-16-14-12-10-8-6-4-2/h5,7,11,13,17,19,21-22,47H,3-4,6,8-10,12,14-16,18,20,23-46,50H2,1-2H3,(H,53,54)/b7-5-,13-11-,19-17-,22-21-. The fraction of sp³-hybridized carbons (Fsp3) is 0.796. The molecule has 10 heteroatoms. The maximum atomic E-state index is 12.6. The highest BCUT2D eigenvalue weighted by Crippen LogP contribution is 2.43. The number of rotatable bonds is 45. The molecule has 0 heterocycles. The second-order valence-corrected chi connectivity index (χ2v) is 17.4. The Morgan fingerprint density at radius 2 is 0.932 bits per heavy atom. The number of phosphoric acid groups is 1. The first-order valence-electron chi connectivity index (χ1n) is 24.1. The van der Waals surface area contributed by atoms with E-state index in [1.54, 1.807) is 0 Å². The van der Waals surface area contributed by atoms with E-state index < -0.39 is 26.5 Å². The van der Waals surface area contributed by atoms with Crippen molar-refractivity contribution in [1.29, 1.82) is 0 Å². The third-order valence-electron chi connectivity index (χ3n) is 10.2. The van der Waals surface area contributed by atoms with Gasteiger partial charge in [-0.1, -0.05) is 204 Å². The van der Waals surface area contributed by atoms with E-state index in [4.69, 9.17) is 24.3 Å². The molecule has 0 bridgehead atoms. The zero-order valence-electron chi connectivity index (χ0n) is 38.0. The summed E-state index contributed by atoms with van der Waals surface area (Å²) >= 11 is 0. The van der Waals surface area contributed by atoms with Crippen LogP contribution in [0.3, 0.4) is 0 Å². The molecule has 344 valence electrons. The van der Waals surface area contributed by atoms with E-state index in [9.17, 15) is 19.0 Å². The van der Waals surface area contributed by atoms with Gasteiger partial charge in [-0.25, -0.2) is 4.57 Å². The summed E-state index contributed by atoms with van der Waals surface area (Å²) in [5.41, 5.74) is 5.36. The second kappa shape index (κ2) is 45.5. The smallest absolute Gasteiger partial charge is 0.462 e. The molecule has 3 N–H and O–H groups in total. The number of nitrogens with two attached hydrogens (primary N) is 1. The van der Waals surface area contributed by atoms with Crippen molar-refractivity contribution in [2.45, 2.75) is 225 Å². The van der Waals surface area contributed by atoms with Crippen molar-refractivity contribution < 1.29 is 37.6 Å². The zero-order valence-corrected chi connectivity index (χ0v) is 38.9. The van der Waals surface area contributed by atoms with Crippen LogP contribution in [-0.4, -0.2) is 49.3 Å². The molecule has 0 rings (SSSR count). The van der Waals surface area contributed by atoms with Gasteiger partial charge in [0.15, 0.2) is 6.10 Å². The minimum atomic E-state index is -4.38. The maximum absolute atomic E-state index is 12.6. The molecule has 0 saturated heterocycles. The zero-order chi connectivity index (χ0) is 43.2. The van der Waals surface area contributed by atoms with Crippen molar-refractivity contribution in [3.63, 3.8) is 0 Å². The molecule has 0 aliphatic heterocycles. The number of allylic oxidation sites excluding steroid dienone is 8. The minimum absolute atomic E-state index is 0.0526. The summed E-state index contributed by atoms with van der Waals surface area (Å²) in [6.07, 6.45) is 52.8. The van der Waals surface area contributed by atoms with Crippen molar-refractivity contribution in [3.05, 3.63) is 48.6 Å². The third kappa shape index (κ3) is 45.3. The Morgan fingerprint density at radius 1 is 0.525 bits per heavy atom. The van der Waals surface area contributed by atoms with Crippen molar-refractivity contribution in [2.75, 3.05) is 26.4 Å². The summed E-state index contributed by atoms with van der Waals surface area (Å²) in [5.74, 6) is -0.827. The van der Waals surface area contributed by atoms with Gasteiger partial charge in [0, 0.05) is 19.4 Å². The van der Waals surface area contributed by atoms with E-state index in [2.05, 4.69) is 62.5 Å². The lowest BCUT2D eigenvalue weighted by Crippen LogP contribution is -2.29. The average molecular weight is 852 g/mol. The highest BCUT2D eigenvalue weighted by Gasteiger charge is 2.26. The van der Waals surface area contributed by atoms with Crippen LogP contribution in [0.15, 0.2) is 48.6 Å². The van der Waals surface area contributed by atoms with Gasteiger partial charge in [0.2, 0.25) is 0 Å². The van der Waals surface area contributed by atoms with Gasteiger partial charge in [0.1, 0.15) is 6.61 Å². The fourth-order valence-electron chi connectivity index (χ4n) is 6.69. The van der Waals surface area contributed by atoms with Crippen molar-refractivity contribution in [2.24, 2.45) is 5.73 Å². The van der Waals surface area contributed by atoms with Crippen LogP contribution in [0.5, 0.6) is 0 Å². The van der Waals surface area contributed by atoms with Crippen molar-refractivity contribution >= 4 is 19.8 Å². The summed E-state index contributed by atoms with van der Waals surface area (Å²) in [6.45, 7) is 3.64. The van der Waals surface area contributed by atoms with Crippen LogP contribution in [0.2, 0.25) is 0 Å². The molecule has 0 aliphatic carbocycles. The number of carbonyl (C=O) groups excluding carboxylic acids is 2. The summed E-state index contributed by atoms with van der Waals surface area (Å²) in [5, 5.41) is 0. The summed E-state index contributed by atoms with van der Waals surface area (Å²) in [4.78, 5) is 35.0. The Bertz CT molecular complexity index is 1110. The lowest BCUT2D eigenvalue weighted by molar-refractivity contribution is -0.161. The highest BCUT2D eigenvalue weighted by atomic mass is 31.2. The van der Waals surface area contributed by atoms with E-state index in [1.165, 1.54) is 116 Å². The first kappa shape index (κ1) is 57.0. The molecule has 2 atom stereocenters. The van der Waals surface area contributed by atoms with Crippen LogP contribution < -0.4 is 5.73 Å². The van der Waals surface area contributed by atoms with Gasteiger partial charge in [-0.3, -0.25) is 18.6 Å². The number of esters is 2. The molecule has 0 fully saturated rings. The lowest BCUT2D eigenvalue weighted by atomic mass is 10.0. The van der Waals surface area contributed by atoms with Crippen molar-refractivity contribution in [3.8, 4) is 0 Å². The van der Waals surface area contributed by atoms with Gasteiger partial charge < -0.3 is 20.1 Å². The van der Waals surface area contributed by atoms with E-state index in [0.717, 1.165) is 70.6 Å². The van der Waals surface area contributed by atoms with Gasteiger partial charge >= 0.3 is 19.8 Å². The Balaban J connectivity index is 4.06. The highest BCUT2D eigenvalue weighted by molar-refractivity contribution is 7.47. The molecule has 0 aromatic carbocycles. The molecule has 0 aliphatic rings. The van der Waals surface area contributed by atoms with Gasteiger partial charge in [-0.05, 0) is 51.4 Å². The van der Waals surface area contributed by atoms with Crippen molar-refractivity contribution in [1.82, 2.24) is 0 Å². The predicted octanol–water partition coefficient (Wildman–Crippen LogP) is 14.3. The van der Waals surface area contributed by atoms with Gasteiger partial charge in [0.25, 0.3) is 0 Å². The normalized spacial score (nSPS) is 13.6. The largest absolute Gasteiger partial charge is 0.472 e. The van der Waals surface area contributed by atoms with E-state index >= 15 is 0 Å². The monoisotopic (exact) mass is 852 g/mol. The van der Waals surface area contributed by atoms with Crippen LogP contribution in [0.25, 0.3) is 0 Å². The third-order valence-corrected chi connectivity index (χ3v) is 11.2. The van der Waals surface area contributed by atoms with E-state index in [-0.39, 0.29) is 38.6 Å². The molecule has 9 nitrogen and oxygen atoms in total. The SMILES string of the molecule is CC/C=C\C/C=C\C/C=C\C/C=C\CCCCCCCCCCCCC(=O)OC(COC(=O)CCCCCCCCCCCCCCCCC)COP(=O)(O)OCCN. The number of unbranched alkanes of at least 4 members (excludes halogenated alkanes) is 24. The average Bonchev–Trinajstić information content (AvgIpc) is 3.22. The number of ether oxygens (including phenoxy) is 2. The lowest BCUT2D eigenvalue weighted by Gasteiger charge is -2.19. The summed E-state index contributed by atoms with van der Waals surface area (Å²) in [6, 6.07) is 0. The topological polar surface area (TPSA) is 134 Å². The predicted molar refractivity (Wildman–Crippen MR) is 247 cm³/mol. The minimum Gasteiger partial charge on any atom is -0.462 e. The van der Waals surface area contributed by atoms with Crippen LogP contribution in [0.4, 0.5) is 0 Å². The van der Waals surface area contributed by atoms with E-state index in [0.29, 0.717) is 6.42 Å². The van der Waals surface area contributed by atoms with Crippen LogP contribution >= 0.6 is 7.82 Å². The first-order valence-corrected chi connectivity index (χ1v) is 25.6. The second-order valence-electron chi connectivity index (χ2n) is 16.0. The van der Waals surface area contributed by atoms with Gasteiger partial charge in [0.05, 0.1) is 13.2 Å². The number of hydrogen-bond acceptors (Lipinski definition) is 8. The Labute approximate surface area is 362 Å². The molecule has 0 spiro atoms. The molecule has 0 aromatic heterocycles. The molecular weight excluding hydrogens is 762 g/mol. The van der Waals surface area contributed by atoms with Crippen LogP contribution in [-0.2, 0) is 32.7 Å². The summed E-state index contributed by atoms with van der Waals surface area (Å²) in [7, 11) is -4.38. The molecule has 2 unspecified atom stereocenters. The van der Waals surface area contributed by atoms with Gasteiger partial charge in [-0.2, -0.15) is 0 Å². The molecular formula is C49H90NO8P. The quantitative estimate of drug-likeness (QED) is 0.0266. The number of carbonyl (C=O) groups is 2. The number of hydrogen-bond donors (Lipinski definition) is 2. The first-order chi connectivity index (χ1) is 28.8. The molecule has 0 amide bonds. The van der Waals surface area contributed by atoms with Crippen LogP contribution in [0.1, 0.15) is 219 Å². The van der Waals surface area contributed by atoms with Gasteiger partial charge in [-0.15, -0.1) is 0 Å². The Hall–Kier alpha value is -2.03. The molecule has 59 heavy (non-hydrogen) atoms. The Kier molecular flexibility index (Phi) is 43.9. The van der Waals surface area contributed by atoms with Crippen LogP contribution in [0, 0.1) is 0 Å². The maximum Gasteiger partial charge on any atom is 0.472 e.